The number of nitrogens with zero attached hydrogens (tertiary/aromatic N) is 4. The van der Waals surface area contributed by atoms with E-state index in [1.165, 1.54) is 5.56 Å². The van der Waals surface area contributed by atoms with E-state index in [0.717, 1.165) is 55.9 Å². The second-order valence-electron chi connectivity index (χ2n) is 7.81. The monoisotopic (exact) mass is 478 g/mol. The first kappa shape index (κ1) is 22.2. The van der Waals surface area contributed by atoms with Crippen LogP contribution in [0.1, 0.15) is 30.4 Å². The zero-order valence-electron chi connectivity index (χ0n) is 17.1. The molecule has 0 amide bonds. The van der Waals surface area contributed by atoms with Crippen LogP contribution in [0.25, 0.3) is 0 Å². The predicted molar refractivity (Wildman–Crippen MR) is 128 cm³/mol. The molecule has 0 aliphatic carbocycles. The maximum atomic E-state index is 6.27. The third-order valence-electron chi connectivity index (χ3n) is 5.56. The Bertz CT molecular complexity index is 986. The van der Waals surface area contributed by atoms with E-state index in [-0.39, 0.29) is 12.1 Å². The van der Waals surface area contributed by atoms with Gasteiger partial charge in [-0.05, 0) is 67.1 Å². The number of nitrogen functional groups attached to an aromatic ring is 1. The van der Waals surface area contributed by atoms with Gasteiger partial charge in [0.1, 0.15) is 0 Å². The Morgan fingerprint density at radius 2 is 1.74 bits per heavy atom. The summed E-state index contributed by atoms with van der Waals surface area (Å²) in [4.78, 5) is 9.10. The van der Waals surface area contributed by atoms with E-state index in [1.54, 1.807) is 6.07 Å². The van der Waals surface area contributed by atoms with Crippen molar-refractivity contribution in [2.24, 2.45) is 0 Å². The summed E-state index contributed by atoms with van der Waals surface area (Å²) in [5.41, 5.74) is 8.10. The standard InChI is InChI=1S/C22H25Cl3N6/c23-17-6-4-15(5-7-17)8-10-30(14-16-11-18(24)13-19(25)12-16)20-3-1-2-9-31(20)22-27-21(26)28-29-22/h4-7,11-13,20H,1-3,8-10,14H2,(H3,26,27,28,29). The van der Waals surface area contributed by atoms with Crippen LogP contribution < -0.4 is 10.6 Å². The minimum Gasteiger partial charge on any atom is -0.366 e. The Hall–Kier alpha value is -1.99. The molecule has 0 radical (unpaired) electrons. The molecule has 2 aromatic carbocycles. The van der Waals surface area contributed by atoms with Crippen molar-refractivity contribution in [1.82, 2.24) is 20.1 Å². The summed E-state index contributed by atoms with van der Waals surface area (Å²) in [6.07, 6.45) is 4.33. The number of anilines is 2. The average Bonchev–Trinajstić information content (AvgIpc) is 3.18. The van der Waals surface area contributed by atoms with Crippen molar-refractivity contribution in [3.63, 3.8) is 0 Å². The molecule has 0 bridgehead atoms. The van der Waals surface area contributed by atoms with Crippen LogP contribution in [-0.2, 0) is 13.0 Å². The number of benzene rings is 2. The highest BCUT2D eigenvalue weighted by molar-refractivity contribution is 6.34. The fourth-order valence-electron chi connectivity index (χ4n) is 4.13. The molecule has 3 N–H and O–H groups in total. The first-order valence-electron chi connectivity index (χ1n) is 10.4. The molecule has 9 heteroatoms. The van der Waals surface area contributed by atoms with Gasteiger partial charge in [0.05, 0.1) is 6.17 Å². The highest BCUT2D eigenvalue weighted by atomic mass is 35.5. The van der Waals surface area contributed by atoms with E-state index in [2.05, 4.69) is 37.1 Å². The molecule has 1 unspecified atom stereocenters. The maximum Gasteiger partial charge on any atom is 0.241 e. The molecule has 1 aliphatic rings. The third kappa shape index (κ3) is 5.83. The summed E-state index contributed by atoms with van der Waals surface area (Å²) in [5, 5.41) is 9.04. The molecule has 6 nitrogen and oxygen atoms in total. The minimum absolute atomic E-state index is 0.158. The summed E-state index contributed by atoms with van der Waals surface area (Å²) < 4.78 is 0. The number of halogens is 3. The predicted octanol–water partition coefficient (Wildman–Crippen LogP) is 5.41. The minimum atomic E-state index is 0.158. The van der Waals surface area contributed by atoms with Crippen molar-refractivity contribution in [3.8, 4) is 0 Å². The van der Waals surface area contributed by atoms with Crippen LogP contribution >= 0.6 is 34.8 Å². The normalized spacial score (nSPS) is 16.8. The van der Waals surface area contributed by atoms with Crippen LogP contribution in [0.15, 0.2) is 42.5 Å². The molecule has 2 heterocycles. The molecule has 164 valence electrons. The van der Waals surface area contributed by atoms with Crippen LogP contribution in [0.3, 0.4) is 0 Å². The summed E-state index contributed by atoms with van der Waals surface area (Å²) in [5.74, 6) is 0.969. The van der Waals surface area contributed by atoms with E-state index in [1.807, 2.05) is 24.3 Å². The Morgan fingerprint density at radius 3 is 2.42 bits per heavy atom. The molecule has 0 saturated carbocycles. The molecule has 1 saturated heterocycles. The number of aromatic nitrogens is 3. The zero-order valence-corrected chi connectivity index (χ0v) is 19.3. The highest BCUT2D eigenvalue weighted by Crippen LogP contribution is 2.28. The molecule has 1 aliphatic heterocycles. The van der Waals surface area contributed by atoms with Crippen LogP contribution in [0.5, 0.6) is 0 Å². The lowest BCUT2D eigenvalue weighted by Crippen LogP contribution is -2.52. The van der Waals surface area contributed by atoms with Crippen molar-refractivity contribution < 1.29 is 0 Å². The second-order valence-corrected chi connectivity index (χ2v) is 9.12. The number of H-pyrrole nitrogens is 1. The molecule has 1 atom stereocenters. The zero-order chi connectivity index (χ0) is 21.8. The van der Waals surface area contributed by atoms with Crippen LogP contribution in [0, 0.1) is 0 Å². The molecule has 1 fully saturated rings. The van der Waals surface area contributed by atoms with Crippen LogP contribution in [0.2, 0.25) is 15.1 Å². The molecule has 31 heavy (non-hydrogen) atoms. The van der Waals surface area contributed by atoms with Gasteiger partial charge in [0.25, 0.3) is 0 Å². The molecular weight excluding hydrogens is 455 g/mol. The second kappa shape index (κ2) is 10.1. The molecule has 4 rings (SSSR count). The van der Waals surface area contributed by atoms with Crippen molar-refractivity contribution in [3.05, 3.63) is 68.7 Å². The summed E-state index contributed by atoms with van der Waals surface area (Å²) in [6, 6.07) is 13.7. The number of hydrogen-bond acceptors (Lipinski definition) is 5. The van der Waals surface area contributed by atoms with E-state index >= 15 is 0 Å². The van der Waals surface area contributed by atoms with Gasteiger partial charge in [0.2, 0.25) is 11.9 Å². The van der Waals surface area contributed by atoms with Gasteiger partial charge in [-0.1, -0.05) is 46.9 Å². The Labute approximate surface area is 197 Å². The Kier molecular flexibility index (Phi) is 7.23. The lowest BCUT2D eigenvalue weighted by Gasteiger charge is -2.42. The quantitative estimate of drug-likeness (QED) is 0.474. The van der Waals surface area contributed by atoms with Crippen molar-refractivity contribution in [2.45, 2.75) is 38.4 Å². The van der Waals surface area contributed by atoms with E-state index in [4.69, 9.17) is 40.5 Å². The van der Waals surface area contributed by atoms with Crippen LogP contribution in [-0.4, -0.2) is 39.3 Å². The van der Waals surface area contributed by atoms with Gasteiger partial charge in [-0.15, -0.1) is 5.10 Å². The molecule has 3 aromatic rings. The Balaban J connectivity index is 1.59. The van der Waals surface area contributed by atoms with Crippen molar-refractivity contribution >= 4 is 46.7 Å². The summed E-state index contributed by atoms with van der Waals surface area (Å²) in [7, 11) is 0. The largest absolute Gasteiger partial charge is 0.366 e. The van der Waals surface area contributed by atoms with Gasteiger partial charge in [0.15, 0.2) is 0 Å². The van der Waals surface area contributed by atoms with Crippen LogP contribution in [0.4, 0.5) is 11.9 Å². The van der Waals surface area contributed by atoms with E-state index in [0.29, 0.717) is 16.0 Å². The summed E-state index contributed by atoms with van der Waals surface area (Å²) in [6.45, 7) is 2.47. The lowest BCUT2D eigenvalue weighted by molar-refractivity contribution is 0.156. The SMILES string of the molecule is Nc1n[nH]c(N2CCCCC2N(CCc2ccc(Cl)cc2)Cc2cc(Cl)cc(Cl)c2)n1. The first-order chi connectivity index (χ1) is 15.0. The number of rotatable bonds is 7. The fraction of sp³-hybridized carbons (Fsp3) is 0.364. The molecule has 1 aromatic heterocycles. The third-order valence-corrected chi connectivity index (χ3v) is 6.25. The number of nitrogens with two attached hydrogens (primary N) is 1. The fourth-order valence-corrected chi connectivity index (χ4v) is 4.83. The van der Waals surface area contributed by atoms with Crippen molar-refractivity contribution in [1.29, 1.82) is 0 Å². The van der Waals surface area contributed by atoms with Gasteiger partial charge in [-0.25, -0.2) is 5.10 Å². The van der Waals surface area contributed by atoms with Gasteiger partial charge >= 0.3 is 0 Å². The van der Waals surface area contributed by atoms with Crippen molar-refractivity contribution in [2.75, 3.05) is 23.7 Å². The summed E-state index contributed by atoms with van der Waals surface area (Å²) >= 11 is 18.6. The molecule has 0 spiro atoms. The Morgan fingerprint density at radius 1 is 1.00 bits per heavy atom. The van der Waals surface area contributed by atoms with E-state index in [9.17, 15) is 0 Å². The maximum absolute atomic E-state index is 6.27. The first-order valence-corrected chi connectivity index (χ1v) is 11.5. The average molecular weight is 480 g/mol. The highest BCUT2D eigenvalue weighted by Gasteiger charge is 2.30. The van der Waals surface area contributed by atoms with E-state index < -0.39 is 0 Å². The molecular formula is C22H25Cl3N6. The van der Waals surface area contributed by atoms with Gasteiger partial charge < -0.3 is 10.6 Å². The number of nitrogens with one attached hydrogen (secondary N) is 1. The smallest absolute Gasteiger partial charge is 0.241 e. The topological polar surface area (TPSA) is 74.1 Å². The number of piperidine rings is 1. The number of aromatic amines is 1. The van der Waals surface area contributed by atoms with Gasteiger partial charge in [-0.3, -0.25) is 4.90 Å². The van der Waals surface area contributed by atoms with Gasteiger partial charge in [0, 0.05) is 34.7 Å². The van der Waals surface area contributed by atoms with Gasteiger partial charge in [-0.2, -0.15) is 4.98 Å². The lowest BCUT2D eigenvalue weighted by atomic mass is 10.0. The number of hydrogen-bond donors (Lipinski definition) is 2.